The fraction of sp³-hybridized carbons (Fsp3) is 0.647. The van der Waals surface area contributed by atoms with Crippen LogP contribution >= 0.6 is 0 Å². The predicted molar refractivity (Wildman–Crippen MR) is 87.1 cm³/mol. The van der Waals surface area contributed by atoms with Gasteiger partial charge in [0, 0.05) is 6.04 Å². The largest absolute Gasteiger partial charge is 0.241 e. The van der Waals surface area contributed by atoms with Crippen molar-refractivity contribution in [1.82, 2.24) is 4.72 Å². The number of sulfonamides is 1. The van der Waals surface area contributed by atoms with Crippen LogP contribution in [-0.2, 0) is 10.0 Å². The van der Waals surface area contributed by atoms with Crippen LogP contribution in [0.5, 0.6) is 0 Å². The lowest BCUT2D eigenvalue weighted by molar-refractivity contribution is 0.332. The summed E-state index contributed by atoms with van der Waals surface area (Å²) in [6.07, 6.45) is 4.11. The van der Waals surface area contributed by atoms with Crippen LogP contribution in [0.1, 0.15) is 54.9 Å². The molecule has 4 heteroatoms. The molecule has 0 unspecified atom stereocenters. The molecule has 1 N–H and O–H groups in total. The molecule has 1 aromatic rings. The third-order valence-electron chi connectivity index (χ3n) is 4.90. The maximum Gasteiger partial charge on any atom is 0.241 e. The van der Waals surface area contributed by atoms with Crippen LogP contribution in [0.25, 0.3) is 0 Å². The second-order valence-electron chi connectivity index (χ2n) is 6.67. The molecular formula is C17H27NO2S. The van der Waals surface area contributed by atoms with Gasteiger partial charge in [-0.3, -0.25) is 0 Å². The first-order valence-corrected chi connectivity index (χ1v) is 9.30. The Morgan fingerprint density at radius 1 is 0.952 bits per heavy atom. The molecule has 0 aromatic heterocycles. The maximum atomic E-state index is 12.8. The third kappa shape index (κ3) is 3.49. The molecule has 0 bridgehead atoms. The Labute approximate surface area is 129 Å². The van der Waals surface area contributed by atoms with Gasteiger partial charge in [-0.15, -0.1) is 0 Å². The van der Waals surface area contributed by atoms with Gasteiger partial charge >= 0.3 is 0 Å². The van der Waals surface area contributed by atoms with Gasteiger partial charge in [-0.25, -0.2) is 13.1 Å². The van der Waals surface area contributed by atoms with E-state index >= 15 is 0 Å². The minimum absolute atomic E-state index is 0.0887. The van der Waals surface area contributed by atoms with Gasteiger partial charge in [0.1, 0.15) is 0 Å². The molecule has 3 nitrogen and oxygen atoms in total. The Bertz CT molecular complexity index is 600. The molecule has 1 fully saturated rings. The summed E-state index contributed by atoms with van der Waals surface area (Å²) in [5.74, 6) is 0.718. The molecule has 1 aliphatic rings. The van der Waals surface area contributed by atoms with Crippen molar-refractivity contribution in [3.8, 4) is 0 Å². The molecule has 1 saturated carbocycles. The fourth-order valence-electron chi connectivity index (χ4n) is 3.24. The molecule has 0 radical (unpaired) electrons. The van der Waals surface area contributed by atoms with Crippen LogP contribution in [0.4, 0.5) is 0 Å². The van der Waals surface area contributed by atoms with Crippen LogP contribution in [0.3, 0.4) is 0 Å². The molecule has 1 aliphatic carbocycles. The van der Waals surface area contributed by atoms with E-state index in [1.807, 2.05) is 27.7 Å². The molecule has 1 aromatic carbocycles. The number of benzene rings is 1. The van der Waals surface area contributed by atoms with Crippen LogP contribution in [0, 0.1) is 33.6 Å². The molecule has 0 saturated heterocycles. The van der Waals surface area contributed by atoms with Crippen molar-refractivity contribution < 1.29 is 8.42 Å². The summed E-state index contributed by atoms with van der Waals surface area (Å²) in [6, 6.07) is 2.15. The van der Waals surface area contributed by atoms with E-state index in [0.717, 1.165) is 53.9 Å². The molecule has 118 valence electrons. The monoisotopic (exact) mass is 309 g/mol. The fourth-order valence-corrected chi connectivity index (χ4v) is 5.16. The number of nitrogens with one attached hydrogen (secondary N) is 1. The van der Waals surface area contributed by atoms with Crippen LogP contribution in [-0.4, -0.2) is 14.5 Å². The summed E-state index contributed by atoms with van der Waals surface area (Å²) in [4.78, 5) is 0.485. The second kappa shape index (κ2) is 6.09. The van der Waals surface area contributed by atoms with Gasteiger partial charge in [0.2, 0.25) is 10.0 Å². The highest BCUT2D eigenvalue weighted by atomic mass is 32.2. The average molecular weight is 309 g/mol. The van der Waals surface area contributed by atoms with Gasteiger partial charge in [0.15, 0.2) is 0 Å². The van der Waals surface area contributed by atoms with Crippen molar-refractivity contribution in [2.75, 3.05) is 0 Å². The van der Waals surface area contributed by atoms with Crippen molar-refractivity contribution in [3.63, 3.8) is 0 Å². The van der Waals surface area contributed by atoms with E-state index in [2.05, 4.69) is 17.7 Å². The van der Waals surface area contributed by atoms with E-state index in [9.17, 15) is 8.42 Å². The van der Waals surface area contributed by atoms with Gasteiger partial charge in [0.05, 0.1) is 4.90 Å². The molecule has 0 atom stereocenters. The minimum atomic E-state index is -3.43. The van der Waals surface area contributed by atoms with Crippen LogP contribution in [0.15, 0.2) is 11.0 Å². The van der Waals surface area contributed by atoms with Crippen molar-refractivity contribution in [1.29, 1.82) is 0 Å². The lowest BCUT2D eigenvalue weighted by Gasteiger charge is -2.27. The molecular weight excluding hydrogens is 282 g/mol. The van der Waals surface area contributed by atoms with Gasteiger partial charge in [0.25, 0.3) is 0 Å². The van der Waals surface area contributed by atoms with E-state index in [4.69, 9.17) is 0 Å². The van der Waals surface area contributed by atoms with E-state index in [0.29, 0.717) is 4.90 Å². The molecule has 21 heavy (non-hydrogen) atoms. The summed E-state index contributed by atoms with van der Waals surface area (Å²) in [6.45, 7) is 9.99. The third-order valence-corrected chi connectivity index (χ3v) is 6.70. The minimum Gasteiger partial charge on any atom is -0.208 e. The Kier molecular flexibility index (Phi) is 4.79. The first-order chi connectivity index (χ1) is 9.72. The van der Waals surface area contributed by atoms with Crippen molar-refractivity contribution in [2.24, 2.45) is 5.92 Å². The Morgan fingerprint density at radius 2 is 1.43 bits per heavy atom. The van der Waals surface area contributed by atoms with E-state index < -0.39 is 10.0 Å². The Morgan fingerprint density at radius 3 is 1.90 bits per heavy atom. The zero-order chi connectivity index (χ0) is 15.8. The second-order valence-corrected chi connectivity index (χ2v) is 8.32. The smallest absolute Gasteiger partial charge is 0.208 e. The Balaban J connectivity index is 2.32. The van der Waals surface area contributed by atoms with Crippen LogP contribution < -0.4 is 4.72 Å². The van der Waals surface area contributed by atoms with Crippen molar-refractivity contribution >= 4 is 10.0 Å². The molecule has 0 amide bonds. The standard InChI is InChI=1S/C17H27NO2S/c1-11-6-8-16(9-7-11)18-21(19,20)17-14(4)12(2)10-13(3)15(17)5/h10-11,16,18H,6-9H2,1-5H3. The first kappa shape index (κ1) is 16.5. The van der Waals surface area contributed by atoms with Gasteiger partial charge < -0.3 is 0 Å². The zero-order valence-electron chi connectivity index (χ0n) is 13.8. The number of aryl methyl sites for hydroxylation is 2. The first-order valence-electron chi connectivity index (χ1n) is 7.82. The van der Waals surface area contributed by atoms with E-state index in [1.165, 1.54) is 0 Å². The highest BCUT2D eigenvalue weighted by molar-refractivity contribution is 7.89. The number of hydrogen-bond acceptors (Lipinski definition) is 2. The summed E-state index contributed by atoms with van der Waals surface area (Å²) in [5, 5.41) is 0. The quantitative estimate of drug-likeness (QED) is 0.923. The average Bonchev–Trinajstić information content (AvgIpc) is 2.39. The normalized spacial score (nSPS) is 23.3. The highest BCUT2D eigenvalue weighted by Gasteiger charge is 2.27. The maximum absolute atomic E-state index is 12.8. The molecule has 2 rings (SSSR count). The topological polar surface area (TPSA) is 46.2 Å². The summed E-state index contributed by atoms with van der Waals surface area (Å²) < 4.78 is 28.6. The summed E-state index contributed by atoms with van der Waals surface area (Å²) >= 11 is 0. The molecule has 0 aliphatic heterocycles. The zero-order valence-corrected chi connectivity index (χ0v) is 14.6. The lowest BCUT2D eigenvalue weighted by atomic mass is 9.88. The van der Waals surface area contributed by atoms with Gasteiger partial charge in [-0.1, -0.05) is 13.0 Å². The number of rotatable bonds is 3. The van der Waals surface area contributed by atoms with Crippen molar-refractivity contribution in [2.45, 2.75) is 71.2 Å². The van der Waals surface area contributed by atoms with Crippen molar-refractivity contribution in [3.05, 3.63) is 28.3 Å². The predicted octanol–water partition coefficient (Wildman–Crippen LogP) is 3.78. The van der Waals surface area contributed by atoms with Gasteiger partial charge in [-0.05, 0) is 81.5 Å². The van der Waals surface area contributed by atoms with E-state index in [-0.39, 0.29) is 6.04 Å². The SMILES string of the molecule is Cc1cc(C)c(C)c(S(=O)(=O)NC2CCC(C)CC2)c1C. The van der Waals surface area contributed by atoms with E-state index in [1.54, 1.807) is 0 Å². The summed E-state index contributed by atoms with van der Waals surface area (Å²) in [7, 11) is -3.43. The highest BCUT2D eigenvalue weighted by Crippen LogP contribution is 2.28. The Hall–Kier alpha value is -0.870. The molecule has 0 heterocycles. The summed E-state index contributed by atoms with van der Waals surface area (Å²) in [5.41, 5.74) is 3.82. The number of hydrogen-bond donors (Lipinski definition) is 1. The molecule has 0 spiro atoms. The van der Waals surface area contributed by atoms with Crippen LogP contribution in [0.2, 0.25) is 0 Å². The lowest BCUT2D eigenvalue weighted by Crippen LogP contribution is -2.38. The van der Waals surface area contributed by atoms with Gasteiger partial charge in [-0.2, -0.15) is 0 Å².